The van der Waals surface area contributed by atoms with Crippen LogP contribution in [-0.2, 0) is 4.79 Å². The molecule has 1 aliphatic heterocycles. The fraction of sp³-hybridized carbons (Fsp3) is 0.286. The molecule has 1 fully saturated rings. The third-order valence-corrected chi connectivity index (χ3v) is 4.92. The first kappa shape index (κ1) is 18.8. The Kier molecular flexibility index (Phi) is 5.60. The molecule has 0 aromatic carbocycles. The van der Waals surface area contributed by atoms with Crippen molar-refractivity contribution < 1.29 is 22.9 Å². The van der Waals surface area contributed by atoms with E-state index in [4.69, 9.17) is 13.4 Å². The third kappa shape index (κ3) is 4.66. The largest absolute Gasteiger partial charge is 0.465 e. The highest BCUT2D eigenvalue weighted by Gasteiger charge is 2.23. The van der Waals surface area contributed by atoms with Crippen molar-refractivity contribution >= 4 is 17.9 Å². The van der Waals surface area contributed by atoms with Crippen LogP contribution in [0.1, 0.15) is 29.1 Å². The first-order valence-corrected chi connectivity index (χ1v) is 9.48. The minimum absolute atomic E-state index is 0.0306. The number of hydrogen-bond donors (Lipinski definition) is 1. The first-order chi connectivity index (χ1) is 14.2. The summed E-state index contributed by atoms with van der Waals surface area (Å²) in [5, 5.41) is 6.69. The summed E-state index contributed by atoms with van der Waals surface area (Å²) in [4.78, 5) is 26.4. The standard InChI is InChI=1S/C21H21N3O5/c25-20(6-5-16-3-1-11-27-16)24-9-7-15(8-10-24)14-22-21(26)17-13-19(29-23-17)18-4-2-12-28-18/h1-6,11-13,15H,7-10,14H2,(H,22,26). The van der Waals surface area contributed by atoms with E-state index >= 15 is 0 Å². The van der Waals surface area contributed by atoms with Crippen molar-refractivity contribution in [1.82, 2.24) is 15.4 Å². The lowest BCUT2D eigenvalue weighted by atomic mass is 9.96. The van der Waals surface area contributed by atoms with Gasteiger partial charge in [0.05, 0.1) is 12.5 Å². The molecule has 3 aromatic heterocycles. The lowest BCUT2D eigenvalue weighted by Crippen LogP contribution is -2.41. The maximum absolute atomic E-state index is 12.3. The Morgan fingerprint density at radius 3 is 2.66 bits per heavy atom. The Morgan fingerprint density at radius 1 is 1.14 bits per heavy atom. The van der Waals surface area contributed by atoms with Crippen molar-refractivity contribution in [2.45, 2.75) is 12.8 Å². The molecule has 3 aromatic rings. The normalized spacial score (nSPS) is 15.1. The minimum Gasteiger partial charge on any atom is -0.465 e. The van der Waals surface area contributed by atoms with Crippen LogP contribution in [0, 0.1) is 5.92 Å². The molecule has 0 unspecified atom stereocenters. The van der Waals surface area contributed by atoms with E-state index in [1.807, 2.05) is 4.90 Å². The minimum atomic E-state index is -0.286. The highest BCUT2D eigenvalue weighted by Crippen LogP contribution is 2.21. The van der Waals surface area contributed by atoms with Gasteiger partial charge in [-0.2, -0.15) is 0 Å². The molecule has 8 nitrogen and oxygen atoms in total. The molecule has 0 atom stereocenters. The van der Waals surface area contributed by atoms with Crippen LogP contribution in [-0.4, -0.2) is 41.5 Å². The van der Waals surface area contributed by atoms with E-state index in [-0.39, 0.29) is 17.5 Å². The molecule has 1 N–H and O–H groups in total. The van der Waals surface area contributed by atoms with Crippen LogP contribution in [0.3, 0.4) is 0 Å². The molecule has 150 valence electrons. The number of nitrogens with one attached hydrogen (secondary N) is 1. The Balaban J connectivity index is 1.22. The van der Waals surface area contributed by atoms with E-state index < -0.39 is 0 Å². The Hall–Kier alpha value is -3.55. The molecular weight excluding hydrogens is 374 g/mol. The third-order valence-electron chi connectivity index (χ3n) is 4.92. The summed E-state index contributed by atoms with van der Waals surface area (Å²) in [6, 6.07) is 8.61. The number of amides is 2. The van der Waals surface area contributed by atoms with E-state index in [2.05, 4.69) is 10.5 Å². The van der Waals surface area contributed by atoms with E-state index in [1.54, 1.807) is 42.7 Å². The van der Waals surface area contributed by atoms with Gasteiger partial charge < -0.3 is 23.6 Å². The zero-order valence-electron chi connectivity index (χ0n) is 15.7. The van der Waals surface area contributed by atoms with Crippen LogP contribution in [0.15, 0.2) is 62.3 Å². The topological polar surface area (TPSA) is 102 Å². The maximum Gasteiger partial charge on any atom is 0.273 e. The number of likely N-dealkylation sites (tertiary alicyclic amines) is 1. The van der Waals surface area contributed by atoms with E-state index in [0.29, 0.717) is 42.8 Å². The van der Waals surface area contributed by atoms with Gasteiger partial charge in [-0.1, -0.05) is 5.16 Å². The predicted molar refractivity (Wildman–Crippen MR) is 104 cm³/mol. The second-order valence-corrected chi connectivity index (χ2v) is 6.88. The lowest BCUT2D eigenvalue weighted by molar-refractivity contribution is -0.127. The maximum atomic E-state index is 12.3. The molecule has 4 rings (SSSR count). The summed E-state index contributed by atoms with van der Waals surface area (Å²) >= 11 is 0. The second kappa shape index (κ2) is 8.64. The van der Waals surface area contributed by atoms with E-state index in [1.165, 1.54) is 12.3 Å². The zero-order valence-corrected chi connectivity index (χ0v) is 15.7. The van der Waals surface area contributed by atoms with Crippen LogP contribution >= 0.6 is 0 Å². The van der Waals surface area contributed by atoms with Gasteiger partial charge in [0.2, 0.25) is 11.7 Å². The van der Waals surface area contributed by atoms with Crippen LogP contribution in [0.5, 0.6) is 0 Å². The Labute approximate surface area is 167 Å². The number of aromatic nitrogens is 1. The number of carbonyl (C=O) groups excluding carboxylic acids is 2. The Morgan fingerprint density at radius 2 is 1.93 bits per heavy atom. The molecule has 8 heteroatoms. The van der Waals surface area contributed by atoms with Gasteiger partial charge >= 0.3 is 0 Å². The first-order valence-electron chi connectivity index (χ1n) is 9.48. The van der Waals surface area contributed by atoms with Crippen molar-refractivity contribution in [3.05, 3.63) is 60.4 Å². The van der Waals surface area contributed by atoms with Crippen LogP contribution in [0.25, 0.3) is 17.6 Å². The average Bonchev–Trinajstić information content (AvgIpc) is 3.51. The highest BCUT2D eigenvalue weighted by molar-refractivity contribution is 5.93. The molecule has 0 bridgehead atoms. The van der Waals surface area contributed by atoms with Crippen molar-refractivity contribution in [3.8, 4) is 11.5 Å². The van der Waals surface area contributed by atoms with Gasteiger partial charge in [-0.3, -0.25) is 9.59 Å². The van der Waals surface area contributed by atoms with Gasteiger partial charge in [0, 0.05) is 31.8 Å². The second-order valence-electron chi connectivity index (χ2n) is 6.88. The number of rotatable bonds is 6. The predicted octanol–water partition coefficient (Wildman–Crippen LogP) is 3.21. The van der Waals surface area contributed by atoms with Gasteiger partial charge in [-0.15, -0.1) is 0 Å². The smallest absolute Gasteiger partial charge is 0.273 e. The van der Waals surface area contributed by atoms with Crippen LogP contribution < -0.4 is 5.32 Å². The SMILES string of the molecule is O=C(NCC1CCN(C(=O)C=Cc2ccco2)CC1)c1cc(-c2ccco2)on1. The zero-order chi connectivity index (χ0) is 20.1. The number of piperidine rings is 1. The molecule has 0 radical (unpaired) electrons. The van der Waals surface area contributed by atoms with Gasteiger partial charge in [-0.25, -0.2) is 0 Å². The van der Waals surface area contributed by atoms with Gasteiger partial charge in [-0.05, 0) is 49.1 Å². The van der Waals surface area contributed by atoms with Crippen molar-refractivity contribution in [2.75, 3.05) is 19.6 Å². The molecular formula is C21H21N3O5. The van der Waals surface area contributed by atoms with E-state index in [0.717, 1.165) is 12.8 Å². The van der Waals surface area contributed by atoms with Gasteiger partial charge in [0.15, 0.2) is 11.5 Å². The van der Waals surface area contributed by atoms with Gasteiger partial charge in [0.1, 0.15) is 5.76 Å². The average molecular weight is 395 g/mol. The van der Waals surface area contributed by atoms with Crippen molar-refractivity contribution in [2.24, 2.45) is 5.92 Å². The summed E-state index contributed by atoms with van der Waals surface area (Å²) in [7, 11) is 0. The lowest BCUT2D eigenvalue weighted by Gasteiger charge is -2.31. The molecule has 0 aliphatic carbocycles. The molecule has 4 heterocycles. The van der Waals surface area contributed by atoms with Crippen molar-refractivity contribution in [1.29, 1.82) is 0 Å². The number of hydrogen-bond acceptors (Lipinski definition) is 6. The van der Waals surface area contributed by atoms with Crippen LogP contribution in [0.4, 0.5) is 0 Å². The fourth-order valence-electron chi connectivity index (χ4n) is 3.25. The Bertz CT molecular complexity index is 964. The highest BCUT2D eigenvalue weighted by atomic mass is 16.5. The van der Waals surface area contributed by atoms with Crippen molar-refractivity contribution in [3.63, 3.8) is 0 Å². The molecule has 1 saturated heterocycles. The summed E-state index contributed by atoms with van der Waals surface area (Å²) in [5.74, 6) is 1.58. The van der Waals surface area contributed by atoms with E-state index in [9.17, 15) is 9.59 Å². The summed E-state index contributed by atoms with van der Waals surface area (Å²) in [6.07, 6.45) is 7.96. The molecule has 2 amide bonds. The molecule has 1 aliphatic rings. The molecule has 0 spiro atoms. The summed E-state index contributed by atoms with van der Waals surface area (Å²) < 4.78 is 15.6. The molecule has 0 saturated carbocycles. The van der Waals surface area contributed by atoms with Gasteiger partial charge in [0.25, 0.3) is 5.91 Å². The fourth-order valence-corrected chi connectivity index (χ4v) is 3.25. The number of carbonyl (C=O) groups is 2. The monoisotopic (exact) mass is 395 g/mol. The molecule has 29 heavy (non-hydrogen) atoms. The summed E-state index contributed by atoms with van der Waals surface area (Å²) in [5.41, 5.74) is 0.215. The summed E-state index contributed by atoms with van der Waals surface area (Å²) in [6.45, 7) is 1.86. The van der Waals surface area contributed by atoms with Crippen LogP contribution in [0.2, 0.25) is 0 Å². The number of nitrogens with zero attached hydrogens (tertiary/aromatic N) is 2. The quantitative estimate of drug-likeness (QED) is 0.643. The number of furan rings is 2.